The van der Waals surface area contributed by atoms with Crippen LogP contribution in [0.5, 0.6) is 0 Å². The van der Waals surface area contributed by atoms with Crippen LogP contribution in [0, 0.1) is 0 Å². The topological polar surface area (TPSA) is 51.5 Å². The van der Waals surface area contributed by atoms with Gasteiger partial charge < -0.3 is 14.4 Å². The first-order valence-electron chi connectivity index (χ1n) is 6.12. The lowest BCUT2D eigenvalue weighted by molar-refractivity contribution is -0.148. The second kappa shape index (κ2) is 4.92. The standard InChI is InChI=1S/C13H19NO3/c1-9(2)17-13(16)8-14-6-10-4-3-5-12(15)11(10)7-14/h6-7,9,12,15H,3-5,8H2,1-2H3. The Bertz CT molecular complexity index is 409. The number of aliphatic hydroxyl groups is 1. The molecule has 1 aliphatic rings. The van der Waals surface area contributed by atoms with E-state index in [1.807, 2.05) is 30.8 Å². The number of nitrogens with zero attached hydrogens (tertiary/aromatic N) is 1. The van der Waals surface area contributed by atoms with Gasteiger partial charge in [-0.2, -0.15) is 0 Å². The van der Waals surface area contributed by atoms with Gasteiger partial charge in [0.1, 0.15) is 6.54 Å². The molecule has 0 aromatic carbocycles. The summed E-state index contributed by atoms with van der Waals surface area (Å²) in [7, 11) is 0. The Morgan fingerprint density at radius 2 is 2.35 bits per heavy atom. The zero-order valence-electron chi connectivity index (χ0n) is 10.3. The van der Waals surface area contributed by atoms with Gasteiger partial charge >= 0.3 is 5.97 Å². The second-order valence-electron chi connectivity index (χ2n) is 4.86. The van der Waals surface area contributed by atoms with Crippen LogP contribution < -0.4 is 0 Å². The van der Waals surface area contributed by atoms with Crippen LogP contribution >= 0.6 is 0 Å². The first kappa shape index (κ1) is 12.2. The molecule has 0 bridgehead atoms. The van der Waals surface area contributed by atoms with E-state index in [0.29, 0.717) is 0 Å². The fraction of sp³-hybridized carbons (Fsp3) is 0.615. The third-order valence-corrected chi connectivity index (χ3v) is 2.96. The Labute approximate surface area is 101 Å². The lowest BCUT2D eigenvalue weighted by Crippen LogP contribution is -2.16. The van der Waals surface area contributed by atoms with Gasteiger partial charge in [0.15, 0.2) is 0 Å². The molecule has 17 heavy (non-hydrogen) atoms. The number of aromatic nitrogens is 1. The first-order valence-corrected chi connectivity index (χ1v) is 6.12. The molecule has 1 aromatic heterocycles. The van der Waals surface area contributed by atoms with Gasteiger partial charge in [0.05, 0.1) is 12.2 Å². The number of rotatable bonds is 3. The number of aliphatic hydroxyl groups excluding tert-OH is 1. The van der Waals surface area contributed by atoms with Gasteiger partial charge in [-0.1, -0.05) is 0 Å². The molecule has 1 heterocycles. The Morgan fingerprint density at radius 1 is 1.59 bits per heavy atom. The van der Waals surface area contributed by atoms with E-state index in [-0.39, 0.29) is 24.7 Å². The Kier molecular flexibility index (Phi) is 3.52. The molecular weight excluding hydrogens is 218 g/mol. The van der Waals surface area contributed by atoms with Gasteiger partial charge in [-0.25, -0.2) is 0 Å². The average molecular weight is 237 g/mol. The van der Waals surface area contributed by atoms with E-state index in [1.165, 1.54) is 0 Å². The van der Waals surface area contributed by atoms with Crippen LogP contribution in [0.1, 0.15) is 43.9 Å². The summed E-state index contributed by atoms with van der Waals surface area (Å²) in [5, 5.41) is 9.82. The van der Waals surface area contributed by atoms with E-state index in [2.05, 4.69) is 0 Å². The van der Waals surface area contributed by atoms with Gasteiger partial charge in [-0.15, -0.1) is 0 Å². The van der Waals surface area contributed by atoms with Gasteiger partial charge in [0, 0.05) is 18.0 Å². The maximum Gasteiger partial charge on any atom is 0.326 e. The molecule has 0 radical (unpaired) electrons. The van der Waals surface area contributed by atoms with E-state index in [9.17, 15) is 9.90 Å². The van der Waals surface area contributed by atoms with E-state index in [1.54, 1.807) is 0 Å². The number of carbonyl (C=O) groups is 1. The van der Waals surface area contributed by atoms with Gasteiger partial charge in [0.2, 0.25) is 0 Å². The highest BCUT2D eigenvalue weighted by molar-refractivity contribution is 5.69. The molecule has 94 valence electrons. The molecule has 0 saturated heterocycles. The Morgan fingerprint density at radius 3 is 3.00 bits per heavy atom. The van der Waals surface area contributed by atoms with Gasteiger partial charge in [-0.05, 0) is 38.7 Å². The van der Waals surface area contributed by atoms with E-state index >= 15 is 0 Å². The molecular formula is C13H19NO3. The van der Waals surface area contributed by atoms with Crippen molar-refractivity contribution >= 4 is 5.97 Å². The molecule has 1 unspecified atom stereocenters. The summed E-state index contributed by atoms with van der Waals surface area (Å²) in [6.45, 7) is 3.89. The van der Waals surface area contributed by atoms with Crippen molar-refractivity contribution in [3.8, 4) is 0 Å². The van der Waals surface area contributed by atoms with Crippen LogP contribution in [0.15, 0.2) is 12.4 Å². The van der Waals surface area contributed by atoms with Crippen LogP contribution in [-0.4, -0.2) is 21.7 Å². The summed E-state index contributed by atoms with van der Waals surface area (Å²) in [5.41, 5.74) is 2.12. The molecule has 0 aliphatic heterocycles. The molecule has 2 rings (SSSR count). The summed E-state index contributed by atoms with van der Waals surface area (Å²) < 4.78 is 6.90. The van der Waals surface area contributed by atoms with Gasteiger partial charge in [0.25, 0.3) is 0 Å². The lowest BCUT2D eigenvalue weighted by atomic mass is 9.93. The largest absolute Gasteiger partial charge is 0.462 e. The Hall–Kier alpha value is -1.29. The van der Waals surface area contributed by atoms with Crippen molar-refractivity contribution in [3.63, 3.8) is 0 Å². The number of aryl methyl sites for hydroxylation is 1. The van der Waals surface area contributed by atoms with Gasteiger partial charge in [-0.3, -0.25) is 4.79 Å². The molecule has 1 aliphatic carbocycles. The summed E-state index contributed by atoms with van der Waals surface area (Å²) in [4.78, 5) is 11.5. The fourth-order valence-electron chi connectivity index (χ4n) is 2.26. The second-order valence-corrected chi connectivity index (χ2v) is 4.86. The number of esters is 1. The number of ether oxygens (including phenoxy) is 1. The first-order chi connectivity index (χ1) is 8.06. The van der Waals surface area contributed by atoms with Crippen LogP contribution in [0.2, 0.25) is 0 Å². The summed E-state index contributed by atoms with van der Waals surface area (Å²) in [5.74, 6) is -0.234. The quantitative estimate of drug-likeness (QED) is 0.816. The molecule has 1 atom stereocenters. The number of fused-ring (bicyclic) bond motifs is 1. The minimum Gasteiger partial charge on any atom is -0.462 e. The number of carbonyl (C=O) groups excluding carboxylic acids is 1. The molecule has 4 heteroatoms. The van der Waals surface area contributed by atoms with E-state index in [4.69, 9.17) is 4.74 Å². The maximum absolute atomic E-state index is 11.5. The highest BCUT2D eigenvalue weighted by atomic mass is 16.5. The van der Waals surface area contributed by atoms with Crippen molar-refractivity contribution in [1.29, 1.82) is 0 Å². The molecule has 1 aromatic rings. The molecule has 0 saturated carbocycles. The van der Waals surface area contributed by atoms with Crippen molar-refractivity contribution < 1.29 is 14.6 Å². The normalized spacial score (nSPS) is 19.2. The molecule has 0 spiro atoms. The van der Waals surface area contributed by atoms with E-state index in [0.717, 1.165) is 30.4 Å². The van der Waals surface area contributed by atoms with Crippen molar-refractivity contribution in [2.45, 2.75) is 51.9 Å². The maximum atomic E-state index is 11.5. The Balaban J connectivity index is 2.05. The summed E-state index contributed by atoms with van der Waals surface area (Å²) in [6.07, 6.45) is 6.15. The van der Waals surface area contributed by atoms with E-state index < -0.39 is 0 Å². The number of hydrogen-bond acceptors (Lipinski definition) is 3. The third kappa shape index (κ3) is 2.88. The predicted molar refractivity (Wildman–Crippen MR) is 63.6 cm³/mol. The van der Waals surface area contributed by atoms with Crippen LogP contribution in [-0.2, 0) is 22.5 Å². The summed E-state index contributed by atoms with van der Waals surface area (Å²) >= 11 is 0. The highest BCUT2D eigenvalue weighted by Gasteiger charge is 2.20. The monoisotopic (exact) mass is 237 g/mol. The minimum absolute atomic E-state index is 0.0849. The number of hydrogen-bond donors (Lipinski definition) is 1. The van der Waals surface area contributed by atoms with Crippen molar-refractivity contribution in [2.24, 2.45) is 0 Å². The molecule has 1 N–H and O–H groups in total. The minimum atomic E-state index is -0.374. The van der Waals surface area contributed by atoms with Crippen LogP contribution in [0.25, 0.3) is 0 Å². The SMILES string of the molecule is CC(C)OC(=O)Cn1cc2c(c1)C(O)CCC2. The molecule has 4 nitrogen and oxygen atoms in total. The van der Waals surface area contributed by atoms with Crippen LogP contribution in [0.4, 0.5) is 0 Å². The highest BCUT2D eigenvalue weighted by Crippen LogP contribution is 2.30. The van der Waals surface area contributed by atoms with Crippen molar-refractivity contribution in [2.75, 3.05) is 0 Å². The zero-order chi connectivity index (χ0) is 12.4. The van der Waals surface area contributed by atoms with Crippen molar-refractivity contribution in [3.05, 3.63) is 23.5 Å². The summed E-state index contributed by atoms with van der Waals surface area (Å²) in [6, 6.07) is 0. The lowest BCUT2D eigenvalue weighted by Gasteiger charge is -2.16. The van der Waals surface area contributed by atoms with Crippen molar-refractivity contribution in [1.82, 2.24) is 4.57 Å². The average Bonchev–Trinajstić information content (AvgIpc) is 2.60. The zero-order valence-corrected chi connectivity index (χ0v) is 10.3. The smallest absolute Gasteiger partial charge is 0.326 e. The third-order valence-electron chi connectivity index (χ3n) is 2.96. The fourth-order valence-corrected chi connectivity index (χ4v) is 2.26. The molecule has 0 amide bonds. The molecule has 0 fully saturated rings. The predicted octanol–water partition coefficient (Wildman–Crippen LogP) is 1.81. The van der Waals surface area contributed by atoms with Crippen LogP contribution in [0.3, 0.4) is 0 Å².